The molecule has 6 nitrogen and oxygen atoms in total. The van der Waals surface area contributed by atoms with Crippen molar-refractivity contribution in [2.45, 2.75) is 51.2 Å². The number of rotatable bonds is 5. The number of anilines is 1. The predicted octanol–water partition coefficient (Wildman–Crippen LogP) is 3.56. The van der Waals surface area contributed by atoms with Gasteiger partial charge in [0, 0.05) is 36.2 Å². The first-order valence-electron chi connectivity index (χ1n) is 7.91. The lowest BCUT2D eigenvalue weighted by Gasteiger charge is -2.35. The van der Waals surface area contributed by atoms with E-state index in [9.17, 15) is 9.90 Å². The summed E-state index contributed by atoms with van der Waals surface area (Å²) in [5.74, 6) is -0.886. The van der Waals surface area contributed by atoms with Crippen LogP contribution in [0.1, 0.15) is 48.2 Å². The Labute approximate surface area is 144 Å². The molecule has 0 unspecified atom stereocenters. The number of hydrogen-bond donors (Lipinski definition) is 2. The molecular weight excluding hydrogens is 326 g/mol. The van der Waals surface area contributed by atoms with Crippen LogP contribution in [-0.2, 0) is 5.41 Å². The summed E-state index contributed by atoms with van der Waals surface area (Å²) in [4.78, 5) is 21.0. The van der Waals surface area contributed by atoms with Gasteiger partial charge in [-0.1, -0.05) is 20.8 Å². The molecule has 1 aliphatic carbocycles. The van der Waals surface area contributed by atoms with Crippen molar-refractivity contribution in [2.75, 3.05) is 5.32 Å². The van der Waals surface area contributed by atoms with Gasteiger partial charge < -0.3 is 15.2 Å². The molecule has 0 saturated heterocycles. The molecule has 7 heteroatoms. The van der Waals surface area contributed by atoms with E-state index in [2.05, 4.69) is 36.1 Å². The molecule has 3 rings (SSSR count). The first-order valence-corrected chi connectivity index (χ1v) is 8.72. The van der Waals surface area contributed by atoms with Crippen LogP contribution in [0.3, 0.4) is 0 Å². The summed E-state index contributed by atoms with van der Waals surface area (Å²) < 4.78 is 5.68. The minimum absolute atomic E-state index is 0.0648. The Morgan fingerprint density at radius 1 is 1.33 bits per heavy atom. The van der Waals surface area contributed by atoms with Gasteiger partial charge in [0.15, 0.2) is 0 Å². The molecule has 1 saturated carbocycles. The Hall–Kier alpha value is -2.15. The standard InChI is InChI=1S/C17H21N3O3S/c1-17(2,3)13-9-12(14(24-13)15(21)22)20-10-7-11(8-10)23-16-18-5-4-6-19-16/h4-6,9-11,20H,7-8H2,1-3H3,(H,21,22)/t10-,11+. The van der Waals surface area contributed by atoms with Crippen LogP contribution >= 0.6 is 11.3 Å². The van der Waals surface area contributed by atoms with E-state index < -0.39 is 5.97 Å². The number of aromatic nitrogens is 2. The van der Waals surface area contributed by atoms with Crippen LogP contribution in [0.2, 0.25) is 0 Å². The second kappa shape index (κ2) is 6.39. The number of carboxylic acid groups (broad SMARTS) is 1. The molecule has 0 spiro atoms. The molecule has 0 aliphatic heterocycles. The summed E-state index contributed by atoms with van der Waals surface area (Å²) in [5, 5.41) is 12.8. The summed E-state index contributed by atoms with van der Waals surface area (Å²) in [6, 6.07) is 4.30. The summed E-state index contributed by atoms with van der Waals surface area (Å²) in [7, 11) is 0. The van der Waals surface area contributed by atoms with E-state index in [4.69, 9.17) is 4.74 Å². The molecule has 1 aliphatic rings. The number of nitrogens with zero attached hydrogens (tertiary/aromatic N) is 2. The Morgan fingerprint density at radius 2 is 2.00 bits per heavy atom. The van der Waals surface area contributed by atoms with E-state index in [0.29, 0.717) is 16.6 Å². The number of carbonyl (C=O) groups is 1. The lowest BCUT2D eigenvalue weighted by Crippen LogP contribution is -2.42. The number of ether oxygens (including phenoxy) is 1. The first kappa shape index (κ1) is 16.7. The van der Waals surface area contributed by atoms with Gasteiger partial charge in [0.1, 0.15) is 11.0 Å². The van der Waals surface area contributed by atoms with E-state index in [1.54, 1.807) is 18.5 Å². The molecule has 0 bridgehead atoms. The van der Waals surface area contributed by atoms with Gasteiger partial charge in [-0.05, 0) is 17.5 Å². The van der Waals surface area contributed by atoms with Crippen molar-refractivity contribution in [1.82, 2.24) is 9.97 Å². The maximum atomic E-state index is 11.5. The van der Waals surface area contributed by atoms with Crippen LogP contribution in [0, 0.1) is 0 Å². The topological polar surface area (TPSA) is 84.3 Å². The lowest BCUT2D eigenvalue weighted by atomic mass is 9.89. The zero-order valence-electron chi connectivity index (χ0n) is 13.9. The van der Waals surface area contributed by atoms with Crippen molar-refractivity contribution < 1.29 is 14.6 Å². The maximum absolute atomic E-state index is 11.5. The summed E-state index contributed by atoms with van der Waals surface area (Å²) in [6.45, 7) is 6.25. The van der Waals surface area contributed by atoms with Gasteiger partial charge in [-0.25, -0.2) is 14.8 Å². The number of thiophene rings is 1. The highest BCUT2D eigenvalue weighted by Crippen LogP contribution is 2.37. The average Bonchev–Trinajstić information content (AvgIpc) is 2.90. The summed E-state index contributed by atoms with van der Waals surface area (Å²) in [6.07, 6.45) is 4.97. The SMILES string of the molecule is CC(C)(C)c1cc(N[C@H]2C[C@@H](Oc3ncccn3)C2)c(C(=O)O)s1. The molecule has 24 heavy (non-hydrogen) atoms. The van der Waals surface area contributed by atoms with Crippen LogP contribution in [-0.4, -0.2) is 33.2 Å². The fourth-order valence-electron chi connectivity index (χ4n) is 2.52. The molecule has 2 aromatic rings. The normalized spacial score (nSPS) is 20.3. The average molecular weight is 347 g/mol. The highest BCUT2D eigenvalue weighted by molar-refractivity contribution is 7.14. The van der Waals surface area contributed by atoms with Crippen LogP contribution in [0.25, 0.3) is 0 Å². The number of carboxylic acids is 1. The van der Waals surface area contributed by atoms with Crippen LogP contribution in [0.5, 0.6) is 6.01 Å². The second-order valence-electron chi connectivity index (χ2n) is 6.99. The van der Waals surface area contributed by atoms with E-state index in [1.165, 1.54) is 11.3 Å². The van der Waals surface area contributed by atoms with Crippen molar-refractivity contribution in [2.24, 2.45) is 0 Å². The van der Waals surface area contributed by atoms with Crippen molar-refractivity contribution in [3.05, 3.63) is 34.3 Å². The Bertz CT molecular complexity index is 718. The Balaban J connectivity index is 1.61. The number of nitrogens with one attached hydrogen (secondary N) is 1. The van der Waals surface area contributed by atoms with E-state index in [-0.39, 0.29) is 17.6 Å². The van der Waals surface area contributed by atoms with E-state index in [1.807, 2.05) is 6.07 Å². The molecule has 1 fully saturated rings. The number of hydrogen-bond acceptors (Lipinski definition) is 6. The fraction of sp³-hybridized carbons (Fsp3) is 0.471. The van der Waals surface area contributed by atoms with Gasteiger partial charge in [-0.2, -0.15) is 0 Å². The second-order valence-corrected chi connectivity index (χ2v) is 8.04. The summed E-state index contributed by atoms with van der Waals surface area (Å²) >= 11 is 1.34. The fourth-order valence-corrected chi connectivity index (χ4v) is 3.54. The first-order chi connectivity index (χ1) is 11.3. The lowest BCUT2D eigenvalue weighted by molar-refractivity contribution is 0.0703. The molecule has 2 heterocycles. The quantitative estimate of drug-likeness (QED) is 0.860. The van der Waals surface area contributed by atoms with Crippen molar-refractivity contribution in [1.29, 1.82) is 0 Å². The zero-order chi connectivity index (χ0) is 17.3. The highest BCUT2D eigenvalue weighted by atomic mass is 32.1. The van der Waals surface area contributed by atoms with E-state index >= 15 is 0 Å². The summed E-state index contributed by atoms with van der Waals surface area (Å²) in [5.41, 5.74) is 0.641. The monoisotopic (exact) mass is 347 g/mol. The Kier molecular flexibility index (Phi) is 4.45. The Morgan fingerprint density at radius 3 is 2.58 bits per heavy atom. The molecule has 2 aromatic heterocycles. The molecule has 0 aromatic carbocycles. The smallest absolute Gasteiger partial charge is 0.348 e. The molecule has 2 N–H and O–H groups in total. The third kappa shape index (κ3) is 3.67. The minimum atomic E-state index is -0.886. The predicted molar refractivity (Wildman–Crippen MR) is 93.1 cm³/mol. The van der Waals surface area contributed by atoms with Crippen LogP contribution < -0.4 is 10.1 Å². The third-order valence-electron chi connectivity index (χ3n) is 3.93. The van der Waals surface area contributed by atoms with Crippen molar-refractivity contribution >= 4 is 23.0 Å². The van der Waals surface area contributed by atoms with Crippen molar-refractivity contribution in [3.8, 4) is 6.01 Å². The minimum Gasteiger partial charge on any atom is -0.477 e. The molecule has 0 atom stereocenters. The van der Waals surface area contributed by atoms with Crippen LogP contribution in [0.15, 0.2) is 24.5 Å². The van der Waals surface area contributed by atoms with Gasteiger partial charge in [0.05, 0.1) is 5.69 Å². The van der Waals surface area contributed by atoms with Gasteiger partial charge in [0.25, 0.3) is 0 Å². The van der Waals surface area contributed by atoms with Gasteiger partial charge in [0.2, 0.25) is 0 Å². The molecule has 0 radical (unpaired) electrons. The molecule has 0 amide bonds. The van der Waals surface area contributed by atoms with Gasteiger partial charge in [-0.15, -0.1) is 11.3 Å². The van der Waals surface area contributed by atoms with Crippen LogP contribution in [0.4, 0.5) is 5.69 Å². The third-order valence-corrected chi connectivity index (χ3v) is 5.48. The highest BCUT2D eigenvalue weighted by Gasteiger charge is 2.33. The largest absolute Gasteiger partial charge is 0.477 e. The van der Waals surface area contributed by atoms with Gasteiger partial charge >= 0.3 is 12.0 Å². The molecule has 128 valence electrons. The van der Waals surface area contributed by atoms with Gasteiger partial charge in [-0.3, -0.25) is 0 Å². The zero-order valence-corrected chi connectivity index (χ0v) is 14.8. The molecular formula is C17H21N3O3S. The van der Waals surface area contributed by atoms with E-state index in [0.717, 1.165) is 17.7 Å². The van der Waals surface area contributed by atoms with Crippen molar-refractivity contribution in [3.63, 3.8) is 0 Å². The maximum Gasteiger partial charge on any atom is 0.348 e. The number of aromatic carboxylic acids is 1.